The molecule has 0 aromatic carbocycles. The molecule has 1 heterocycles. The molecule has 5 nitrogen and oxygen atoms in total. The van der Waals surface area contributed by atoms with E-state index in [4.69, 9.17) is 0 Å². The summed E-state index contributed by atoms with van der Waals surface area (Å²) in [6.07, 6.45) is 0.565. The third-order valence-corrected chi connectivity index (χ3v) is 2.72. The monoisotopic (exact) mass is 265 g/mol. The molecule has 0 aliphatic carbocycles. The summed E-state index contributed by atoms with van der Waals surface area (Å²) in [5, 5.41) is 12.2. The molecular weight excluding hydrogens is 242 g/mol. The van der Waals surface area contributed by atoms with Crippen molar-refractivity contribution in [3.8, 4) is 0 Å². The molecular formula is C14H23N3O2. The second-order valence-corrected chi connectivity index (χ2v) is 5.57. The molecule has 2 N–H and O–H groups in total. The summed E-state index contributed by atoms with van der Waals surface area (Å²) in [7, 11) is 0. The van der Waals surface area contributed by atoms with Crippen molar-refractivity contribution in [1.29, 1.82) is 0 Å². The van der Waals surface area contributed by atoms with Gasteiger partial charge in [-0.2, -0.15) is 0 Å². The lowest BCUT2D eigenvalue weighted by molar-refractivity contribution is -0.138. The zero-order chi connectivity index (χ0) is 14.6. The zero-order valence-corrected chi connectivity index (χ0v) is 12.3. The summed E-state index contributed by atoms with van der Waals surface area (Å²) in [6, 6.07) is 1.16. The Morgan fingerprint density at radius 2 is 1.95 bits per heavy atom. The molecule has 0 saturated heterocycles. The van der Waals surface area contributed by atoms with Crippen LogP contribution in [0.4, 0.5) is 5.82 Å². The van der Waals surface area contributed by atoms with E-state index in [1.54, 1.807) is 6.07 Å². The number of anilines is 1. The smallest absolute Gasteiger partial charge is 0.326 e. The minimum Gasteiger partial charge on any atom is -0.480 e. The highest BCUT2D eigenvalue weighted by Gasteiger charge is 2.19. The van der Waals surface area contributed by atoms with Crippen LogP contribution >= 0.6 is 0 Å². The van der Waals surface area contributed by atoms with Crippen LogP contribution in [0.5, 0.6) is 0 Å². The van der Waals surface area contributed by atoms with E-state index in [9.17, 15) is 9.90 Å². The van der Waals surface area contributed by atoms with Gasteiger partial charge in [0.1, 0.15) is 17.7 Å². The fourth-order valence-corrected chi connectivity index (χ4v) is 1.80. The normalized spacial score (nSPS) is 12.8. The standard InChI is InChI=1S/C14H23N3O2/c1-8(2)6-11(14(18)19)16-12-7-10(5)15-13(17-12)9(3)4/h7-9,11H,6H2,1-5H3,(H,18,19)(H,15,16,17). The van der Waals surface area contributed by atoms with Gasteiger partial charge in [-0.25, -0.2) is 14.8 Å². The van der Waals surface area contributed by atoms with Gasteiger partial charge in [-0.15, -0.1) is 0 Å². The summed E-state index contributed by atoms with van der Waals surface area (Å²) in [6.45, 7) is 9.92. The topological polar surface area (TPSA) is 75.1 Å². The first-order valence-electron chi connectivity index (χ1n) is 6.64. The number of carboxylic acids is 1. The molecule has 0 fully saturated rings. The Kier molecular flexibility index (Phi) is 5.27. The third-order valence-electron chi connectivity index (χ3n) is 2.72. The quantitative estimate of drug-likeness (QED) is 0.827. The fraction of sp³-hybridized carbons (Fsp3) is 0.643. The van der Waals surface area contributed by atoms with Gasteiger partial charge in [0.05, 0.1) is 0 Å². The van der Waals surface area contributed by atoms with Crippen LogP contribution in [0.1, 0.15) is 51.6 Å². The van der Waals surface area contributed by atoms with Crippen molar-refractivity contribution in [1.82, 2.24) is 9.97 Å². The number of rotatable bonds is 6. The Labute approximate surface area is 114 Å². The van der Waals surface area contributed by atoms with E-state index >= 15 is 0 Å². The Morgan fingerprint density at radius 3 is 2.42 bits per heavy atom. The second-order valence-electron chi connectivity index (χ2n) is 5.57. The Morgan fingerprint density at radius 1 is 1.32 bits per heavy atom. The summed E-state index contributed by atoms with van der Waals surface area (Å²) in [4.78, 5) is 20.0. The van der Waals surface area contributed by atoms with Crippen LogP contribution in [0, 0.1) is 12.8 Å². The Bertz CT molecular complexity index is 444. The first kappa shape index (κ1) is 15.4. The molecule has 0 aliphatic rings. The molecule has 1 rings (SSSR count). The molecule has 5 heteroatoms. The second kappa shape index (κ2) is 6.50. The van der Waals surface area contributed by atoms with Crippen molar-refractivity contribution in [3.63, 3.8) is 0 Å². The van der Waals surface area contributed by atoms with Crippen LogP contribution in [0.2, 0.25) is 0 Å². The van der Waals surface area contributed by atoms with Gasteiger partial charge in [-0.3, -0.25) is 0 Å². The zero-order valence-electron chi connectivity index (χ0n) is 12.3. The highest BCUT2D eigenvalue weighted by Crippen LogP contribution is 2.16. The van der Waals surface area contributed by atoms with Crippen molar-refractivity contribution in [3.05, 3.63) is 17.6 Å². The molecule has 0 amide bonds. The maximum Gasteiger partial charge on any atom is 0.326 e. The lowest BCUT2D eigenvalue weighted by Gasteiger charge is -2.18. The molecule has 1 aromatic heterocycles. The van der Waals surface area contributed by atoms with Gasteiger partial charge in [0, 0.05) is 17.7 Å². The van der Waals surface area contributed by atoms with Crippen LogP contribution in [-0.2, 0) is 4.79 Å². The molecule has 0 bridgehead atoms. The van der Waals surface area contributed by atoms with Crippen LogP contribution in [0.3, 0.4) is 0 Å². The highest BCUT2D eigenvalue weighted by atomic mass is 16.4. The lowest BCUT2D eigenvalue weighted by Crippen LogP contribution is -2.31. The number of aliphatic carboxylic acids is 1. The van der Waals surface area contributed by atoms with Crippen molar-refractivity contribution in [2.24, 2.45) is 5.92 Å². The van der Waals surface area contributed by atoms with Crippen molar-refractivity contribution in [2.45, 2.75) is 53.0 Å². The fourth-order valence-electron chi connectivity index (χ4n) is 1.80. The Hall–Kier alpha value is -1.65. The largest absolute Gasteiger partial charge is 0.480 e. The van der Waals surface area contributed by atoms with E-state index in [1.807, 2.05) is 34.6 Å². The first-order chi connectivity index (χ1) is 8.79. The van der Waals surface area contributed by atoms with E-state index in [-0.39, 0.29) is 5.92 Å². The van der Waals surface area contributed by atoms with E-state index in [2.05, 4.69) is 15.3 Å². The number of carbonyl (C=O) groups is 1. The van der Waals surface area contributed by atoms with E-state index in [0.717, 1.165) is 11.5 Å². The van der Waals surface area contributed by atoms with Crippen LogP contribution < -0.4 is 5.32 Å². The van der Waals surface area contributed by atoms with Crippen molar-refractivity contribution in [2.75, 3.05) is 5.32 Å². The summed E-state index contributed by atoms with van der Waals surface area (Å²) in [5.41, 5.74) is 0.842. The van der Waals surface area contributed by atoms with Gasteiger partial charge in [-0.05, 0) is 19.3 Å². The predicted molar refractivity (Wildman–Crippen MR) is 75.4 cm³/mol. The van der Waals surface area contributed by atoms with Crippen molar-refractivity contribution < 1.29 is 9.90 Å². The van der Waals surface area contributed by atoms with Gasteiger partial charge in [0.15, 0.2) is 0 Å². The summed E-state index contributed by atoms with van der Waals surface area (Å²) < 4.78 is 0. The minimum absolute atomic E-state index is 0.217. The third kappa shape index (κ3) is 4.85. The van der Waals surface area contributed by atoms with E-state index in [0.29, 0.717) is 18.2 Å². The van der Waals surface area contributed by atoms with Gasteiger partial charge in [-0.1, -0.05) is 27.7 Å². The number of aromatic nitrogens is 2. The molecule has 0 spiro atoms. The van der Waals surface area contributed by atoms with E-state index in [1.165, 1.54) is 0 Å². The SMILES string of the molecule is Cc1cc(NC(CC(C)C)C(=O)O)nc(C(C)C)n1. The highest BCUT2D eigenvalue weighted by molar-refractivity contribution is 5.76. The number of nitrogens with one attached hydrogen (secondary N) is 1. The van der Waals surface area contributed by atoms with Crippen LogP contribution in [0.15, 0.2) is 6.07 Å². The number of hydrogen-bond donors (Lipinski definition) is 2. The summed E-state index contributed by atoms with van der Waals surface area (Å²) in [5.74, 6) is 0.992. The minimum atomic E-state index is -0.851. The maximum absolute atomic E-state index is 11.2. The van der Waals surface area contributed by atoms with Crippen molar-refractivity contribution >= 4 is 11.8 Å². The lowest BCUT2D eigenvalue weighted by atomic mass is 10.0. The van der Waals surface area contributed by atoms with Gasteiger partial charge in [0.2, 0.25) is 0 Å². The number of hydrogen-bond acceptors (Lipinski definition) is 4. The average molecular weight is 265 g/mol. The van der Waals surface area contributed by atoms with E-state index < -0.39 is 12.0 Å². The molecule has 1 atom stereocenters. The summed E-state index contributed by atoms with van der Waals surface area (Å²) >= 11 is 0. The molecule has 106 valence electrons. The number of aryl methyl sites for hydroxylation is 1. The molecule has 0 saturated carbocycles. The molecule has 0 radical (unpaired) electrons. The van der Waals surface area contributed by atoms with Crippen LogP contribution in [0.25, 0.3) is 0 Å². The predicted octanol–water partition coefficient (Wildman–Crippen LogP) is 2.82. The van der Waals surface area contributed by atoms with Crippen LogP contribution in [-0.4, -0.2) is 27.1 Å². The Balaban J connectivity index is 2.92. The molecule has 19 heavy (non-hydrogen) atoms. The average Bonchev–Trinajstić information content (AvgIpc) is 2.26. The molecule has 1 aromatic rings. The van der Waals surface area contributed by atoms with Gasteiger partial charge >= 0.3 is 5.97 Å². The molecule has 1 unspecified atom stereocenters. The number of carboxylic acid groups (broad SMARTS) is 1. The van der Waals surface area contributed by atoms with Gasteiger partial charge < -0.3 is 10.4 Å². The van der Waals surface area contributed by atoms with Gasteiger partial charge in [0.25, 0.3) is 0 Å². The number of nitrogens with zero attached hydrogens (tertiary/aromatic N) is 2. The first-order valence-corrected chi connectivity index (χ1v) is 6.64. The maximum atomic E-state index is 11.2. The molecule has 0 aliphatic heterocycles.